The quantitative estimate of drug-likeness (QED) is 0.616. The number of nitrogens with zero attached hydrogens (tertiary/aromatic N) is 1. The fourth-order valence-electron chi connectivity index (χ4n) is 4.49. The summed E-state index contributed by atoms with van der Waals surface area (Å²) in [6.45, 7) is 0. The van der Waals surface area contributed by atoms with Crippen molar-refractivity contribution >= 4 is 29.5 Å². The molecule has 1 saturated carbocycles. The number of alkyl halides is 3. The topological polar surface area (TPSA) is 86.7 Å². The summed E-state index contributed by atoms with van der Waals surface area (Å²) >= 11 is 6.07. The molecule has 3 amide bonds. The lowest BCUT2D eigenvalue weighted by Gasteiger charge is -2.44. The number of urea groups is 1. The Morgan fingerprint density at radius 2 is 1.84 bits per heavy atom. The number of carbonyl (C=O) groups excluding carboxylic acids is 2. The fourth-order valence-corrected chi connectivity index (χ4v) is 4.72. The molecule has 2 N–H and O–H groups in total. The van der Waals surface area contributed by atoms with Crippen molar-refractivity contribution in [3.63, 3.8) is 0 Å². The molecule has 0 bridgehead atoms. The Bertz CT molecular complexity index is 842. The number of aryl methyl sites for hydroxylation is 1. The van der Waals surface area contributed by atoms with E-state index in [1.807, 2.05) is 5.32 Å². The summed E-state index contributed by atoms with van der Waals surface area (Å²) in [5, 5.41) is 11.9. The Morgan fingerprint density at radius 3 is 2.42 bits per heavy atom. The molecule has 1 heterocycles. The minimum absolute atomic E-state index is 0.120. The molecule has 2 unspecified atom stereocenters. The van der Waals surface area contributed by atoms with E-state index in [2.05, 4.69) is 0 Å². The number of rotatable bonds is 6. The molecule has 3 rings (SSSR count). The summed E-state index contributed by atoms with van der Waals surface area (Å²) in [4.78, 5) is 37.1. The van der Waals surface area contributed by atoms with Gasteiger partial charge in [-0.2, -0.15) is 13.2 Å². The summed E-state index contributed by atoms with van der Waals surface area (Å²) in [7, 11) is 0. The van der Waals surface area contributed by atoms with Gasteiger partial charge in [-0.3, -0.25) is 4.79 Å². The maximum atomic E-state index is 13.6. The standard InChI is InChI=1S/C21H24ClF3N2O4/c22-15-9-5-4-6-12(15)10-11-14-16(19(29)30)27(18(14)28)20(31)26-17(21(23,24)25)13-7-2-1-3-8-13/h4-6,9,13-14,16-17H,1-3,7-8,10-11H2,(H,26,31)(H,29,30)/t14-,16?,17?/m1/s1. The second kappa shape index (κ2) is 9.46. The fraction of sp³-hybridized carbons (Fsp3) is 0.571. The van der Waals surface area contributed by atoms with Crippen molar-refractivity contribution in [2.24, 2.45) is 11.8 Å². The molecule has 3 atom stereocenters. The van der Waals surface area contributed by atoms with Crippen LogP contribution in [0.3, 0.4) is 0 Å². The van der Waals surface area contributed by atoms with Gasteiger partial charge in [-0.15, -0.1) is 0 Å². The molecule has 1 aliphatic heterocycles. The molecule has 1 aromatic rings. The van der Waals surface area contributed by atoms with Gasteiger partial charge in [0.05, 0.1) is 5.92 Å². The smallest absolute Gasteiger partial charge is 0.408 e. The van der Waals surface area contributed by atoms with E-state index in [0.29, 0.717) is 42.0 Å². The van der Waals surface area contributed by atoms with Crippen LogP contribution in [0.4, 0.5) is 18.0 Å². The predicted octanol–water partition coefficient (Wildman–Crippen LogP) is 4.41. The number of hydrogen-bond donors (Lipinski definition) is 2. The van der Waals surface area contributed by atoms with Gasteiger partial charge in [0.1, 0.15) is 6.04 Å². The number of β-lactam (4-membered cyclic amide) rings is 1. The first kappa shape index (κ1) is 23.4. The molecule has 0 spiro atoms. The molecular formula is C21H24ClF3N2O4. The molecular weight excluding hydrogens is 437 g/mol. The molecule has 170 valence electrons. The Labute approximate surface area is 182 Å². The molecule has 6 nitrogen and oxygen atoms in total. The van der Waals surface area contributed by atoms with Crippen molar-refractivity contribution < 1.29 is 32.7 Å². The molecule has 10 heteroatoms. The van der Waals surface area contributed by atoms with Crippen LogP contribution in [0.1, 0.15) is 44.1 Å². The normalized spacial score (nSPS) is 23.2. The zero-order valence-corrected chi connectivity index (χ0v) is 17.5. The molecule has 0 aromatic heterocycles. The maximum absolute atomic E-state index is 13.6. The van der Waals surface area contributed by atoms with Crippen LogP contribution in [-0.4, -0.2) is 46.2 Å². The van der Waals surface area contributed by atoms with Crippen LogP contribution in [0, 0.1) is 11.8 Å². The Kier molecular flexibility index (Phi) is 7.13. The van der Waals surface area contributed by atoms with Gasteiger partial charge < -0.3 is 10.4 Å². The largest absolute Gasteiger partial charge is 0.480 e. The van der Waals surface area contributed by atoms with Gasteiger partial charge in [0.2, 0.25) is 5.91 Å². The van der Waals surface area contributed by atoms with Crippen molar-refractivity contribution in [3.8, 4) is 0 Å². The van der Waals surface area contributed by atoms with Gasteiger partial charge in [-0.1, -0.05) is 49.1 Å². The van der Waals surface area contributed by atoms with Crippen LogP contribution in [0.2, 0.25) is 5.02 Å². The molecule has 2 fully saturated rings. The van der Waals surface area contributed by atoms with Crippen molar-refractivity contribution in [2.75, 3.05) is 0 Å². The number of amides is 3. The average Bonchev–Trinajstić information content (AvgIpc) is 2.71. The lowest BCUT2D eigenvalue weighted by atomic mass is 9.82. The zero-order valence-electron chi connectivity index (χ0n) is 16.7. The van der Waals surface area contributed by atoms with E-state index in [-0.39, 0.29) is 6.42 Å². The first-order chi connectivity index (χ1) is 14.6. The summed E-state index contributed by atoms with van der Waals surface area (Å²) in [5.74, 6) is -4.01. The van der Waals surface area contributed by atoms with Gasteiger partial charge in [-0.05, 0) is 43.2 Å². The van der Waals surface area contributed by atoms with E-state index in [4.69, 9.17) is 11.6 Å². The lowest BCUT2D eigenvalue weighted by molar-refractivity contribution is -0.173. The Morgan fingerprint density at radius 1 is 1.19 bits per heavy atom. The summed E-state index contributed by atoms with van der Waals surface area (Å²) < 4.78 is 40.7. The van der Waals surface area contributed by atoms with E-state index in [1.54, 1.807) is 24.3 Å². The number of nitrogens with one attached hydrogen (secondary N) is 1. The predicted molar refractivity (Wildman–Crippen MR) is 106 cm³/mol. The first-order valence-electron chi connectivity index (χ1n) is 10.3. The van der Waals surface area contributed by atoms with Gasteiger partial charge >= 0.3 is 18.2 Å². The summed E-state index contributed by atoms with van der Waals surface area (Å²) in [6.07, 6.45) is -1.50. The van der Waals surface area contributed by atoms with Crippen molar-refractivity contribution in [1.29, 1.82) is 0 Å². The number of carbonyl (C=O) groups is 3. The minimum Gasteiger partial charge on any atom is -0.480 e. The van der Waals surface area contributed by atoms with Gasteiger partial charge in [0.15, 0.2) is 6.04 Å². The minimum atomic E-state index is -4.69. The highest BCUT2D eigenvalue weighted by Crippen LogP contribution is 2.36. The first-order valence-corrected chi connectivity index (χ1v) is 10.7. The van der Waals surface area contributed by atoms with Gasteiger partial charge in [0.25, 0.3) is 0 Å². The van der Waals surface area contributed by atoms with E-state index in [0.717, 1.165) is 12.0 Å². The number of carboxylic acids is 1. The summed E-state index contributed by atoms with van der Waals surface area (Å²) in [6, 6.07) is 1.97. The second-order valence-corrected chi connectivity index (χ2v) is 8.50. The highest BCUT2D eigenvalue weighted by molar-refractivity contribution is 6.31. The van der Waals surface area contributed by atoms with E-state index >= 15 is 0 Å². The number of aliphatic carboxylic acids is 1. The van der Waals surface area contributed by atoms with E-state index in [9.17, 15) is 32.7 Å². The lowest BCUT2D eigenvalue weighted by Crippen LogP contribution is -2.69. The molecule has 1 saturated heterocycles. The SMILES string of the molecule is O=C(O)C1[C@@H](CCc2ccccc2Cl)C(=O)N1C(=O)NC(C1CCCCC1)C(F)(F)F. The van der Waals surface area contributed by atoms with Crippen molar-refractivity contribution in [2.45, 2.75) is 63.2 Å². The highest BCUT2D eigenvalue weighted by atomic mass is 35.5. The van der Waals surface area contributed by atoms with Crippen LogP contribution in [0.5, 0.6) is 0 Å². The zero-order chi connectivity index (χ0) is 22.8. The maximum Gasteiger partial charge on any atom is 0.408 e. The molecule has 1 aliphatic carbocycles. The van der Waals surface area contributed by atoms with Crippen LogP contribution < -0.4 is 5.32 Å². The van der Waals surface area contributed by atoms with Crippen LogP contribution >= 0.6 is 11.6 Å². The number of halogens is 4. The van der Waals surface area contributed by atoms with E-state index in [1.165, 1.54) is 0 Å². The van der Waals surface area contributed by atoms with Gasteiger partial charge in [-0.25, -0.2) is 14.5 Å². The molecule has 0 radical (unpaired) electrons. The Hall–Kier alpha value is -2.29. The van der Waals surface area contributed by atoms with Crippen LogP contribution in [0.25, 0.3) is 0 Å². The number of hydrogen-bond acceptors (Lipinski definition) is 3. The number of carboxylic acid groups (broad SMARTS) is 1. The average molecular weight is 461 g/mol. The number of likely N-dealkylation sites (tertiary alicyclic amines) is 1. The molecule has 2 aliphatic rings. The second-order valence-electron chi connectivity index (χ2n) is 8.09. The third kappa shape index (κ3) is 5.14. The highest BCUT2D eigenvalue weighted by Gasteiger charge is 2.56. The van der Waals surface area contributed by atoms with Crippen LogP contribution in [-0.2, 0) is 16.0 Å². The molecule has 1 aromatic carbocycles. The number of imide groups is 1. The third-order valence-corrected chi connectivity index (χ3v) is 6.49. The summed E-state index contributed by atoms with van der Waals surface area (Å²) in [5.41, 5.74) is 0.721. The van der Waals surface area contributed by atoms with Crippen LogP contribution in [0.15, 0.2) is 24.3 Å². The third-order valence-electron chi connectivity index (χ3n) is 6.12. The van der Waals surface area contributed by atoms with Crippen molar-refractivity contribution in [1.82, 2.24) is 10.2 Å². The van der Waals surface area contributed by atoms with Crippen molar-refractivity contribution in [3.05, 3.63) is 34.9 Å². The van der Waals surface area contributed by atoms with E-state index < -0.39 is 48.0 Å². The Balaban J connectivity index is 1.69. The monoisotopic (exact) mass is 460 g/mol. The van der Waals surface area contributed by atoms with Gasteiger partial charge in [0, 0.05) is 5.02 Å². The number of benzene rings is 1. The molecule has 31 heavy (non-hydrogen) atoms.